The van der Waals surface area contributed by atoms with Gasteiger partial charge in [-0.3, -0.25) is 0 Å². The maximum Gasteiger partial charge on any atom is 0.416 e. The summed E-state index contributed by atoms with van der Waals surface area (Å²) < 4.78 is 42.7. The van der Waals surface area contributed by atoms with Gasteiger partial charge < -0.3 is 4.74 Å². The zero-order valence-electron chi connectivity index (χ0n) is 9.84. The third-order valence-electron chi connectivity index (χ3n) is 2.55. The predicted molar refractivity (Wildman–Crippen MR) is 61.1 cm³/mol. The number of alkyl halides is 3. The third kappa shape index (κ3) is 3.51. The molecule has 0 aliphatic heterocycles. The lowest BCUT2D eigenvalue weighted by molar-refractivity contribution is -0.137. The summed E-state index contributed by atoms with van der Waals surface area (Å²) in [7, 11) is 1.45. The van der Waals surface area contributed by atoms with Crippen LogP contribution in [0.25, 0.3) is 0 Å². The van der Waals surface area contributed by atoms with E-state index in [1.165, 1.54) is 13.2 Å². The molecule has 4 heteroatoms. The van der Waals surface area contributed by atoms with Crippen LogP contribution in [-0.4, -0.2) is 7.11 Å². The zero-order chi connectivity index (χ0) is 13.1. The van der Waals surface area contributed by atoms with Gasteiger partial charge in [0, 0.05) is 0 Å². The van der Waals surface area contributed by atoms with Crippen molar-refractivity contribution in [1.29, 1.82) is 0 Å². The second-order valence-electron chi connectivity index (χ2n) is 3.94. The highest BCUT2D eigenvalue weighted by Crippen LogP contribution is 2.33. The molecule has 0 saturated carbocycles. The Kier molecular flexibility index (Phi) is 4.21. The van der Waals surface area contributed by atoms with Crippen molar-refractivity contribution in [1.82, 2.24) is 0 Å². The first-order valence-corrected chi connectivity index (χ1v) is 5.25. The van der Waals surface area contributed by atoms with E-state index in [1.807, 2.05) is 6.92 Å². The summed E-state index contributed by atoms with van der Waals surface area (Å²) in [6.07, 6.45) is -2.13. The Hall–Kier alpha value is -1.45. The van der Waals surface area contributed by atoms with Gasteiger partial charge in [0.25, 0.3) is 0 Å². The fourth-order valence-electron chi connectivity index (χ4n) is 1.54. The quantitative estimate of drug-likeness (QED) is 0.725. The molecule has 0 spiro atoms. The first-order valence-electron chi connectivity index (χ1n) is 5.25. The average Bonchev–Trinajstić information content (AvgIpc) is 2.27. The Morgan fingerprint density at radius 1 is 1.41 bits per heavy atom. The third-order valence-corrected chi connectivity index (χ3v) is 2.55. The summed E-state index contributed by atoms with van der Waals surface area (Å²) in [4.78, 5) is 0. The van der Waals surface area contributed by atoms with Crippen LogP contribution in [0.5, 0.6) is 5.75 Å². The minimum Gasteiger partial charge on any atom is -0.496 e. The fraction of sp³-hybridized carbons (Fsp3) is 0.385. The van der Waals surface area contributed by atoms with E-state index in [1.54, 1.807) is 6.08 Å². The molecule has 0 aliphatic carbocycles. The largest absolute Gasteiger partial charge is 0.496 e. The minimum absolute atomic E-state index is 0.104. The lowest BCUT2D eigenvalue weighted by atomic mass is 9.98. The number of methoxy groups -OCH3 is 1. The van der Waals surface area contributed by atoms with Crippen molar-refractivity contribution in [3.05, 3.63) is 42.0 Å². The highest BCUT2D eigenvalue weighted by atomic mass is 19.4. The number of benzene rings is 1. The van der Waals surface area contributed by atoms with E-state index < -0.39 is 11.7 Å². The van der Waals surface area contributed by atoms with Gasteiger partial charge in [0.05, 0.1) is 12.7 Å². The molecule has 1 unspecified atom stereocenters. The van der Waals surface area contributed by atoms with Crippen LogP contribution in [0.15, 0.2) is 30.9 Å². The lowest BCUT2D eigenvalue weighted by Crippen LogP contribution is -2.07. The van der Waals surface area contributed by atoms with Crippen LogP contribution in [-0.2, 0) is 12.6 Å². The molecule has 0 aromatic heterocycles. The lowest BCUT2D eigenvalue weighted by Gasteiger charge is -2.14. The minimum atomic E-state index is -4.32. The standard InChI is InChI=1S/C13H15F3O/c1-4-9(2)7-10-8-11(13(14,15)16)5-6-12(10)17-3/h4-6,8-9H,1,7H2,2-3H3. The second-order valence-corrected chi connectivity index (χ2v) is 3.94. The van der Waals surface area contributed by atoms with Gasteiger partial charge in [-0.2, -0.15) is 13.2 Å². The number of ether oxygens (including phenoxy) is 1. The molecule has 0 radical (unpaired) electrons. The summed E-state index contributed by atoms with van der Waals surface area (Å²) in [5.74, 6) is 0.582. The number of hydrogen-bond acceptors (Lipinski definition) is 1. The molecule has 0 amide bonds. The molecule has 1 nitrogen and oxygen atoms in total. The van der Waals surface area contributed by atoms with E-state index in [4.69, 9.17) is 4.74 Å². The molecule has 0 saturated heterocycles. The molecule has 1 aromatic rings. The number of hydrogen-bond donors (Lipinski definition) is 0. The van der Waals surface area contributed by atoms with Crippen molar-refractivity contribution in [2.24, 2.45) is 5.92 Å². The van der Waals surface area contributed by atoms with E-state index in [0.717, 1.165) is 12.1 Å². The Morgan fingerprint density at radius 3 is 2.53 bits per heavy atom. The summed E-state index contributed by atoms with van der Waals surface area (Å²) in [5, 5.41) is 0. The highest BCUT2D eigenvalue weighted by Gasteiger charge is 2.31. The first-order chi connectivity index (χ1) is 7.88. The molecular weight excluding hydrogens is 229 g/mol. The maximum atomic E-state index is 12.6. The van der Waals surface area contributed by atoms with Gasteiger partial charge in [-0.1, -0.05) is 13.0 Å². The molecule has 1 atom stereocenters. The first kappa shape index (κ1) is 13.6. The van der Waals surface area contributed by atoms with E-state index in [0.29, 0.717) is 17.7 Å². The van der Waals surface area contributed by atoms with Gasteiger partial charge in [-0.25, -0.2) is 0 Å². The Labute approximate surface area is 98.9 Å². The fourth-order valence-corrected chi connectivity index (χ4v) is 1.54. The van der Waals surface area contributed by atoms with Crippen molar-refractivity contribution in [2.45, 2.75) is 19.5 Å². The van der Waals surface area contributed by atoms with E-state index in [-0.39, 0.29) is 5.92 Å². The number of halogens is 3. The van der Waals surface area contributed by atoms with Crippen LogP contribution in [0.2, 0.25) is 0 Å². The van der Waals surface area contributed by atoms with Gasteiger partial charge in [0.1, 0.15) is 5.75 Å². The number of rotatable bonds is 4. The average molecular weight is 244 g/mol. The van der Waals surface area contributed by atoms with Gasteiger partial charge in [-0.05, 0) is 36.1 Å². The summed E-state index contributed by atoms with van der Waals surface area (Å²) in [6, 6.07) is 3.52. The van der Waals surface area contributed by atoms with Gasteiger partial charge in [0.2, 0.25) is 0 Å². The molecule has 1 rings (SSSR count). The van der Waals surface area contributed by atoms with Gasteiger partial charge in [0.15, 0.2) is 0 Å². The molecule has 1 aromatic carbocycles. The normalized spacial score (nSPS) is 13.2. The Balaban J connectivity index is 3.11. The van der Waals surface area contributed by atoms with Gasteiger partial charge in [-0.15, -0.1) is 6.58 Å². The van der Waals surface area contributed by atoms with Crippen LogP contribution >= 0.6 is 0 Å². The molecule has 0 heterocycles. The van der Waals surface area contributed by atoms with Crippen molar-refractivity contribution in [3.63, 3.8) is 0 Å². The monoisotopic (exact) mass is 244 g/mol. The van der Waals surface area contributed by atoms with Crippen molar-refractivity contribution >= 4 is 0 Å². The van der Waals surface area contributed by atoms with Crippen molar-refractivity contribution in [3.8, 4) is 5.75 Å². The van der Waals surface area contributed by atoms with Crippen LogP contribution in [0, 0.1) is 5.92 Å². The Morgan fingerprint density at radius 2 is 2.06 bits per heavy atom. The van der Waals surface area contributed by atoms with Crippen LogP contribution in [0.3, 0.4) is 0 Å². The van der Waals surface area contributed by atoms with Crippen molar-refractivity contribution < 1.29 is 17.9 Å². The Bertz CT molecular complexity index is 396. The molecule has 0 aliphatic rings. The molecule has 17 heavy (non-hydrogen) atoms. The summed E-state index contributed by atoms with van der Waals surface area (Å²) >= 11 is 0. The smallest absolute Gasteiger partial charge is 0.416 e. The van der Waals surface area contributed by atoms with E-state index >= 15 is 0 Å². The summed E-state index contributed by atoms with van der Waals surface area (Å²) in [5.41, 5.74) is -0.0979. The van der Waals surface area contributed by atoms with Gasteiger partial charge >= 0.3 is 6.18 Å². The number of allylic oxidation sites excluding steroid dienone is 1. The molecule has 0 N–H and O–H groups in total. The summed E-state index contributed by atoms with van der Waals surface area (Å²) in [6.45, 7) is 5.52. The molecule has 0 fully saturated rings. The van der Waals surface area contributed by atoms with Crippen LogP contribution in [0.1, 0.15) is 18.1 Å². The highest BCUT2D eigenvalue weighted by molar-refractivity contribution is 5.38. The zero-order valence-corrected chi connectivity index (χ0v) is 9.84. The second kappa shape index (κ2) is 5.25. The SMILES string of the molecule is C=CC(C)Cc1cc(C(F)(F)F)ccc1OC. The predicted octanol–water partition coefficient (Wildman–Crippen LogP) is 4.08. The molecular formula is C13H15F3O. The van der Waals surface area contributed by atoms with E-state index in [9.17, 15) is 13.2 Å². The van der Waals surface area contributed by atoms with Crippen LogP contribution in [0.4, 0.5) is 13.2 Å². The van der Waals surface area contributed by atoms with Crippen LogP contribution < -0.4 is 4.74 Å². The topological polar surface area (TPSA) is 9.23 Å². The maximum absolute atomic E-state index is 12.6. The molecule has 94 valence electrons. The van der Waals surface area contributed by atoms with Crippen molar-refractivity contribution in [2.75, 3.05) is 7.11 Å². The molecule has 0 bridgehead atoms. The van der Waals surface area contributed by atoms with E-state index in [2.05, 4.69) is 6.58 Å².